The maximum absolute atomic E-state index is 6.25. The molecule has 1 aromatic carbocycles. The molecule has 0 amide bonds. The summed E-state index contributed by atoms with van der Waals surface area (Å²) in [5.74, 6) is 1.47. The molecule has 102 valence electrons. The average Bonchev–Trinajstić information content (AvgIpc) is 2.73. The number of hydrogen-bond acceptors (Lipinski definition) is 2. The second-order valence-electron chi connectivity index (χ2n) is 5.34. The number of nitrogens with zero attached hydrogens (tertiary/aromatic N) is 2. The zero-order chi connectivity index (χ0) is 13.8. The summed E-state index contributed by atoms with van der Waals surface area (Å²) in [6, 6.07) is 10.1. The van der Waals surface area contributed by atoms with Crippen LogP contribution < -0.4 is 5.73 Å². The van der Waals surface area contributed by atoms with E-state index in [0.29, 0.717) is 5.92 Å². The first-order valence-electron chi connectivity index (χ1n) is 7.05. The van der Waals surface area contributed by atoms with Crippen molar-refractivity contribution in [2.45, 2.75) is 40.0 Å². The van der Waals surface area contributed by atoms with Crippen LogP contribution in [-0.2, 0) is 12.8 Å². The third-order valence-corrected chi connectivity index (χ3v) is 3.42. The van der Waals surface area contributed by atoms with Gasteiger partial charge in [0.15, 0.2) is 0 Å². The smallest absolute Gasteiger partial charge is 0.130 e. The molecule has 2 rings (SSSR count). The number of hydrogen-bond donors (Lipinski definition) is 1. The fourth-order valence-electron chi connectivity index (χ4n) is 2.29. The van der Waals surface area contributed by atoms with Gasteiger partial charge in [-0.3, -0.25) is 0 Å². The largest absolute Gasteiger partial charge is 0.383 e. The molecule has 19 heavy (non-hydrogen) atoms. The van der Waals surface area contributed by atoms with Crippen molar-refractivity contribution >= 4 is 5.82 Å². The van der Waals surface area contributed by atoms with Gasteiger partial charge < -0.3 is 5.73 Å². The van der Waals surface area contributed by atoms with Crippen molar-refractivity contribution in [1.29, 1.82) is 0 Å². The summed E-state index contributed by atoms with van der Waals surface area (Å²) < 4.78 is 1.87. The third kappa shape index (κ3) is 2.98. The van der Waals surface area contributed by atoms with Gasteiger partial charge in [-0.25, -0.2) is 4.68 Å². The van der Waals surface area contributed by atoms with Gasteiger partial charge >= 0.3 is 0 Å². The van der Waals surface area contributed by atoms with Crippen molar-refractivity contribution in [3.8, 4) is 5.69 Å². The van der Waals surface area contributed by atoms with Gasteiger partial charge in [0.2, 0.25) is 0 Å². The van der Waals surface area contributed by atoms with Crippen LogP contribution in [-0.4, -0.2) is 9.78 Å². The van der Waals surface area contributed by atoms with Crippen LogP contribution in [0.15, 0.2) is 30.3 Å². The Labute approximate surface area is 115 Å². The normalized spacial score (nSPS) is 11.2. The number of nitrogen functional groups attached to an aromatic ring is 1. The highest BCUT2D eigenvalue weighted by Crippen LogP contribution is 2.23. The Kier molecular flexibility index (Phi) is 4.25. The molecule has 0 aliphatic rings. The highest BCUT2D eigenvalue weighted by molar-refractivity contribution is 5.50. The van der Waals surface area contributed by atoms with E-state index >= 15 is 0 Å². The zero-order valence-corrected chi connectivity index (χ0v) is 12.1. The van der Waals surface area contributed by atoms with Gasteiger partial charge in [-0.2, -0.15) is 5.10 Å². The molecule has 1 heterocycles. The van der Waals surface area contributed by atoms with Gasteiger partial charge in [-0.15, -0.1) is 0 Å². The number of nitrogens with two attached hydrogens (primary N) is 1. The highest BCUT2D eigenvalue weighted by Gasteiger charge is 2.15. The van der Waals surface area contributed by atoms with Crippen LogP contribution in [0.4, 0.5) is 5.82 Å². The van der Waals surface area contributed by atoms with E-state index < -0.39 is 0 Å². The molecule has 1 aromatic heterocycles. The maximum Gasteiger partial charge on any atom is 0.130 e. The number of aryl methyl sites for hydroxylation is 1. The van der Waals surface area contributed by atoms with Crippen molar-refractivity contribution in [2.24, 2.45) is 5.92 Å². The summed E-state index contributed by atoms with van der Waals surface area (Å²) in [5.41, 5.74) is 9.64. The van der Waals surface area contributed by atoms with E-state index in [1.54, 1.807) is 0 Å². The molecule has 0 atom stereocenters. The van der Waals surface area contributed by atoms with E-state index in [2.05, 4.69) is 20.8 Å². The van der Waals surface area contributed by atoms with E-state index in [1.807, 2.05) is 35.0 Å². The number of anilines is 1. The Morgan fingerprint density at radius 1 is 1.21 bits per heavy atom. The van der Waals surface area contributed by atoms with Crippen molar-refractivity contribution in [2.75, 3.05) is 5.73 Å². The quantitative estimate of drug-likeness (QED) is 0.889. The fraction of sp³-hybridized carbons (Fsp3) is 0.438. The minimum Gasteiger partial charge on any atom is -0.383 e. The van der Waals surface area contributed by atoms with E-state index in [4.69, 9.17) is 10.8 Å². The molecule has 0 saturated carbocycles. The SMILES string of the molecule is CCc1c(CCC(C)C)nn(-c2ccccc2)c1N. The van der Waals surface area contributed by atoms with Crippen LogP contribution >= 0.6 is 0 Å². The van der Waals surface area contributed by atoms with Gasteiger partial charge in [-0.1, -0.05) is 39.0 Å². The number of benzene rings is 1. The van der Waals surface area contributed by atoms with Crippen LogP contribution in [0.1, 0.15) is 38.4 Å². The summed E-state index contributed by atoms with van der Waals surface area (Å²) in [7, 11) is 0. The molecule has 0 saturated heterocycles. The molecule has 0 bridgehead atoms. The predicted octanol–water partition coefficient (Wildman–Crippen LogP) is 3.61. The molecule has 2 N–H and O–H groups in total. The highest BCUT2D eigenvalue weighted by atomic mass is 15.3. The van der Waals surface area contributed by atoms with E-state index in [9.17, 15) is 0 Å². The van der Waals surface area contributed by atoms with E-state index in [-0.39, 0.29) is 0 Å². The molecular formula is C16H23N3. The van der Waals surface area contributed by atoms with Gasteiger partial charge in [-0.05, 0) is 37.3 Å². The molecular weight excluding hydrogens is 234 g/mol. The molecule has 0 aliphatic heterocycles. The first-order chi connectivity index (χ1) is 9.13. The number of aromatic nitrogens is 2. The maximum atomic E-state index is 6.25. The van der Waals surface area contributed by atoms with Crippen molar-refractivity contribution < 1.29 is 0 Å². The molecule has 0 spiro atoms. The summed E-state index contributed by atoms with van der Waals surface area (Å²) >= 11 is 0. The van der Waals surface area contributed by atoms with Crippen LogP contribution in [0.3, 0.4) is 0 Å². The lowest BCUT2D eigenvalue weighted by molar-refractivity contribution is 0.577. The Morgan fingerprint density at radius 3 is 2.47 bits per heavy atom. The molecule has 0 aliphatic carbocycles. The third-order valence-electron chi connectivity index (χ3n) is 3.42. The summed E-state index contributed by atoms with van der Waals surface area (Å²) in [6.45, 7) is 6.62. The Bertz CT molecular complexity index is 526. The standard InChI is InChI=1S/C16H23N3/c1-4-14-15(11-10-12(2)3)18-19(16(14)17)13-8-6-5-7-9-13/h5-9,12H,4,10-11,17H2,1-3H3. The molecule has 3 heteroatoms. The predicted molar refractivity (Wildman–Crippen MR) is 80.5 cm³/mol. The minimum absolute atomic E-state index is 0.688. The van der Waals surface area contributed by atoms with Gasteiger partial charge in [0, 0.05) is 5.56 Å². The summed E-state index contributed by atoms with van der Waals surface area (Å²) in [5, 5.41) is 4.71. The van der Waals surface area contributed by atoms with Crippen molar-refractivity contribution in [3.05, 3.63) is 41.6 Å². The number of para-hydroxylation sites is 1. The fourth-order valence-corrected chi connectivity index (χ4v) is 2.29. The van der Waals surface area contributed by atoms with Crippen molar-refractivity contribution in [1.82, 2.24) is 9.78 Å². The first-order valence-corrected chi connectivity index (χ1v) is 7.05. The monoisotopic (exact) mass is 257 g/mol. The van der Waals surface area contributed by atoms with Crippen LogP contribution in [0.5, 0.6) is 0 Å². The average molecular weight is 257 g/mol. The second-order valence-corrected chi connectivity index (χ2v) is 5.34. The number of rotatable bonds is 5. The Balaban J connectivity index is 2.36. The molecule has 3 nitrogen and oxygen atoms in total. The summed E-state index contributed by atoms with van der Waals surface area (Å²) in [4.78, 5) is 0. The van der Waals surface area contributed by atoms with Crippen LogP contribution in [0.25, 0.3) is 5.69 Å². The summed E-state index contributed by atoms with van der Waals surface area (Å²) in [6.07, 6.45) is 3.09. The van der Waals surface area contributed by atoms with E-state index in [0.717, 1.165) is 36.5 Å². The molecule has 0 radical (unpaired) electrons. The van der Waals surface area contributed by atoms with Gasteiger partial charge in [0.1, 0.15) is 5.82 Å². The topological polar surface area (TPSA) is 43.8 Å². The van der Waals surface area contributed by atoms with Gasteiger partial charge in [0.05, 0.1) is 11.4 Å². The lowest BCUT2D eigenvalue weighted by atomic mass is 10.0. The van der Waals surface area contributed by atoms with Crippen LogP contribution in [0, 0.1) is 5.92 Å². The second kappa shape index (κ2) is 5.91. The zero-order valence-electron chi connectivity index (χ0n) is 12.1. The van der Waals surface area contributed by atoms with Crippen molar-refractivity contribution in [3.63, 3.8) is 0 Å². The first kappa shape index (κ1) is 13.7. The lowest BCUT2D eigenvalue weighted by Crippen LogP contribution is -2.02. The Morgan fingerprint density at radius 2 is 1.89 bits per heavy atom. The van der Waals surface area contributed by atoms with Crippen LogP contribution in [0.2, 0.25) is 0 Å². The molecule has 0 fully saturated rings. The lowest BCUT2D eigenvalue weighted by Gasteiger charge is -2.03. The van der Waals surface area contributed by atoms with E-state index in [1.165, 1.54) is 5.56 Å². The molecule has 2 aromatic rings. The Hall–Kier alpha value is -1.77. The molecule has 0 unspecified atom stereocenters. The van der Waals surface area contributed by atoms with Gasteiger partial charge in [0.25, 0.3) is 0 Å². The minimum atomic E-state index is 0.688.